The topological polar surface area (TPSA) is 180 Å². The molecule has 2 saturated heterocycles. The summed E-state index contributed by atoms with van der Waals surface area (Å²) in [5, 5.41) is 30.6. The molecule has 2 aliphatic rings. The number of hydroxylamine groups is 2. The van der Waals surface area contributed by atoms with Crippen LogP contribution in [0.3, 0.4) is 0 Å². The third-order valence-electron chi connectivity index (χ3n) is 11.9. The number of carboxylic acid groups (broad SMARTS) is 1. The second-order valence-electron chi connectivity index (χ2n) is 15.9. The van der Waals surface area contributed by atoms with Crippen LogP contribution in [0.2, 0.25) is 0 Å². The first-order chi connectivity index (χ1) is 29.0. The number of nitrogens with zero attached hydrogens (tertiary/aromatic N) is 5. The Morgan fingerprint density at radius 3 is 2.35 bits per heavy atom. The lowest BCUT2D eigenvalue weighted by molar-refractivity contribution is -0.958. The molecular weight excluding hydrogens is 761 g/mol. The average molecular weight is 809 g/mol. The number of ether oxygens (including phenoxy) is 1. The van der Waals surface area contributed by atoms with Gasteiger partial charge >= 0.3 is 12.2 Å². The highest BCUT2D eigenvalue weighted by atomic mass is 16.7. The number of hydrogen-bond donors (Lipinski definition) is 4. The number of aromatic amines is 2. The Kier molecular flexibility index (Phi) is 11.1. The first-order valence-corrected chi connectivity index (χ1v) is 20.4. The van der Waals surface area contributed by atoms with Crippen molar-refractivity contribution in [1.82, 2.24) is 35.2 Å². The highest BCUT2D eigenvalue weighted by Gasteiger charge is 2.48. The molecule has 0 aliphatic carbocycles. The lowest BCUT2D eigenvalue weighted by Crippen LogP contribution is -2.60. The molecule has 3 amide bonds. The molecule has 0 spiro atoms. The Morgan fingerprint density at radius 1 is 0.900 bits per heavy atom. The van der Waals surface area contributed by atoms with Gasteiger partial charge in [-0.1, -0.05) is 80.3 Å². The fourth-order valence-corrected chi connectivity index (χ4v) is 8.60. The quantitative estimate of drug-likeness (QED) is 0.0634. The van der Waals surface area contributed by atoms with Crippen molar-refractivity contribution in [2.45, 2.75) is 70.6 Å². The lowest BCUT2D eigenvalue weighted by atomic mass is 10.0. The van der Waals surface area contributed by atoms with Crippen LogP contribution in [-0.4, -0.2) is 84.0 Å². The monoisotopic (exact) mass is 808 g/mol. The number of fused-ring (bicyclic) bond motifs is 3. The Balaban J connectivity index is 0.966. The smallest absolute Gasteiger partial charge is 0.534 e. The van der Waals surface area contributed by atoms with Gasteiger partial charge in [-0.3, -0.25) is 4.79 Å². The van der Waals surface area contributed by atoms with Crippen molar-refractivity contribution in [2.75, 3.05) is 20.2 Å². The maximum Gasteiger partial charge on any atom is 0.534 e. The van der Waals surface area contributed by atoms with Crippen LogP contribution in [0.4, 0.5) is 9.59 Å². The third-order valence-corrected chi connectivity index (χ3v) is 11.9. The summed E-state index contributed by atoms with van der Waals surface area (Å²) >= 11 is 0. The van der Waals surface area contributed by atoms with E-state index in [1.54, 1.807) is 25.3 Å². The van der Waals surface area contributed by atoms with E-state index < -0.39 is 35.1 Å². The lowest BCUT2D eigenvalue weighted by Gasteiger charge is -2.48. The summed E-state index contributed by atoms with van der Waals surface area (Å²) in [5.41, 5.74) is 5.69. The van der Waals surface area contributed by atoms with Crippen molar-refractivity contribution in [1.29, 1.82) is 0 Å². The second-order valence-corrected chi connectivity index (χ2v) is 15.9. The van der Waals surface area contributed by atoms with E-state index in [1.165, 1.54) is 12.1 Å². The summed E-state index contributed by atoms with van der Waals surface area (Å²) in [6, 6.07) is 24.7. The number of benzene rings is 4. The van der Waals surface area contributed by atoms with Crippen molar-refractivity contribution in [2.24, 2.45) is 5.92 Å². The van der Waals surface area contributed by atoms with E-state index in [-0.39, 0.29) is 17.9 Å². The van der Waals surface area contributed by atoms with Crippen molar-refractivity contribution >= 4 is 39.9 Å². The van der Waals surface area contributed by atoms with E-state index in [0.29, 0.717) is 37.3 Å². The first-order valence-electron chi connectivity index (χ1n) is 20.4. The molecule has 14 nitrogen and oxygen atoms in total. The number of methoxy groups -OCH3 is 1. The Labute approximate surface area is 347 Å². The van der Waals surface area contributed by atoms with Crippen LogP contribution in [0.5, 0.6) is 0 Å². The molecule has 8 rings (SSSR count). The maximum absolute atomic E-state index is 14.2. The molecule has 4 aromatic carbocycles. The van der Waals surface area contributed by atoms with Crippen LogP contribution in [0.15, 0.2) is 91.1 Å². The minimum atomic E-state index is -1.51. The van der Waals surface area contributed by atoms with Gasteiger partial charge in [0, 0.05) is 35.2 Å². The van der Waals surface area contributed by atoms with E-state index in [2.05, 4.69) is 32.1 Å². The molecule has 5 atom stereocenters. The van der Waals surface area contributed by atoms with Gasteiger partial charge in [0.05, 0.1) is 36.1 Å². The minimum absolute atomic E-state index is 0.119. The summed E-state index contributed by atoms with van der Waals surface area (Å²) in [7, 11) is 1.29. The van der Waals surface area contributed by atoms with E-state index in [9.17, 15) is 24.7 Å². The van der Waals surface area contributed by atoms with Crippen LogP contribution in [-0.2, 0) is 9.53 Å². The number of imidazole rings is 2. The van der Waals surface area contributed by atoms with Crippen molar-refractivity contribution in [3.63, 3.8) is 0 Å². The van der Waals surface area contributed by atoms with Crippen LogP contribution in [0.1, 0.15) is 92.9 Å². The molecule has 0 radical (unpaired) electrons. The number of rotatable bonds is 9. The SMILES string of the molecule is COC(=O)NC(C(=O)N1CCCC1c1nc2c(ccc3cc(C#Cc4ccc(-c5cnc(C6CCCN6[N+]([O-])(C(=O)O)C(C)c6ccccc6)[nH]5)cc4)ccc32)[nH]1)C(C)C. The summed E-state index contributed by atoms with van der Waals surface area (Å²) in [6.45, 7) is 6.38. The average Bonchev–Trinajstić information content (AvgIpc) is 4.11. The molecule has 2 aromatic heterocycles. The highest BCUT2D eigenvalue weighted by molar-refractivity contribution is 6.04. The molecule has 308 valence electrons. The number of aromatic nitrogens is 4. The minimum Gasteiger partial charge on any atom is -0.601 e. The third kappa shape index (κ3) is 7.59. The van der Waals surface area contributed by atoms with Crippen molar-refractivity contribution in [3.8, 4) is 23.1 Å². The predicted molar refractivity (Wildman–Crippen MR) is 227 cm³/mol. The van der Waals surface area contributed by atoms with Gasteiger partial charge in [0.25, 0.3) is 0 Å². The summed E-state index contributed by atoms with van der Waals surface area (Å²) in [5.74, 6) is 7.57. The fourth-order valence-electron chi connectivity index (χ4n) is 8.60. The summed E-state index contributed by atoms with van der Waals surface area (Å²) < 4.78 is 3.26. The van der Waals surface area contributed by atoms with Crippen molar-refractivity contribution < 1.29 is 29.0 Å². The van der Waals surface area contributed by atoms with Crippen LogP contribution in [0.25, 0.3) is 33.1 Å². The van der Waals surface area contributed by atoms with Crippen LogP contribution < -0.4 is 5.32 Å². The number of quaternary nitrogens is 1. The zero-order valence-electron chi connectivity index (χ0n) is 34.0. The summed E-state index contributed by atoms with van der Waals surface area (Å²) in [6.07, 6.45) is 2.52. The molecule has 2 fully saturated rings. The largest absolute Gasteiger partial charge is 0.601 e. The Hall–Kier alpha value is -6.53. The normalized spacial score (nSPS) is 18.9. The van der Waals surface area contributed by atoms with E-state index in [4.69, 9.17) is 9.72 Å². The summed E-state index contributed by atoms with van der Waals surface area (Å²) in [4.78, 5) is 56.5. The van der Waals surface area contributed by atoms with E-state index in [0.717, 1.165) is 62.9 Å². The molecule has 0 bridgehead atoms. The van der Waals surface area contributed by atoms with Gasteiger partial charge < -0.3 is 35.2 Å². The van der Waals surface area contributed by atoms with Gasteiger partial charge in [-0.15, -0.1) is 5.01 Å². The molecule has 14 heteroatoms. The number of carbonyl (C=O) groups excluding carboxylic acids is 2. The molecule has 4 N–H and O–H groups in total. The van der Waals surface area contributed by atoms with E-state index >= 15 is 0 Å². The number of hydrogen-bond acceptors (Lipinski definition) is 8. The van der Waals surface area contributed by atoms with E-state index in [1.807, 2.05) is 91.5 Å². The van der Waals surface area contributed by atoms with Gasteiger partial charge in [-0.25, -0.2) is 14.8 Å². The first kappa shape index (κ1) is 40.3. The fraction of sp³-hybridized carbons (Fsp3) is 0.326. The van der Waals surface area contributed by atoms with Crippen LogP contribution >= 0.6 is 0 Å². The van der Waals surface area contributed by atoms with Gasteiger partial charge in [-0.05, 0) is 79.8 Å². The zero-order chi connectivity index (χ0) is 42.1. The van der Waals surface area contributed by atoms with Crippen LogP contribution in [0, 0.1) is 23.0 Å². The number of amides is 3. The number of carbonyl (C=O) groups is 3. The standard InChI is InChI=1S/C46H48N8O6/c1-28(2)40(51-45(56)60-4)44(55)52-24-8-12-38(52)43-48-36-23-21-34-26-31(18-22-35(34)41(36)50-43)15-14-30-16-19-33(20-17-30)37-27-47-42(49-37)39-13-9-25-53(39)54(59,46(57)58)29(3)32-10-6-5-7-11-32/h5-7,10-11,16-23,26-29,38-40H,8-9,12-13,24-25H2,1-4H3,(H,47,49)(H,48,50)(H,51,56)(H,57,58). The Morgan fingerprint density at radius 2 is 1.62 bits per heavy atom. The number of alkyl carbamates (subject to hydrolysis) is 1. The number of H-pyrrole nitrogens is 2. The molecule has 60 heavy (non-hydrogen) atoms. The van der Waals surface area contributed by atoms with Crippen molar-refractivity contribution in [3.05, 3.63) is 125 Å². The van der Waals surface area contributed by atoms with Gasteiger partial charge in [0.15, 0.2) is 0 Å². The molecular formula is C46H48N8O6. The number of nitrogens with one attached hydrogen (secondary N) is 3. The highest BCUT2D eigenvalue weighted by Crippen LogP contribution is 2.41. The Bertz CT molecular complexity index is 2610. The molecule has 4 heterocycles. The molecule has 0 saturated carbocycles. The number of likely N-dealkylation sites (tertiary alicyclic amines) is 1. The zero-order valence-corrected chi connectivity index (χ0v) is 34.0. The molecule has 5 unspecified atom stereocenters. The maximum atomic E-state index is 14.2. The van der Waals surface area contributed by atoms with Gasteiger partial charge in [0.2, 0.25) is 5.91 Å². The van der Waals surface area contributed by atoms with Gasteiger partial charge in [-0.2, -0.15) is 9.55 Å². The molecule has 2 aliphatic heterocycles. The predicted octanol–water partition coefficient (Wildman–Crippen LogP) is 8.36. The molecule has 6 aromatic rings. The second kappa shape index (κ2) is 16.6. The van der Waals surface area contributed by atoms with Gasteiger partial charge in [0.1, 0.15) is 29.8 Å².